The number of esters is 2. The fourth-order valence-electron chi connectivity index (χ4n) is 12.0. The zero-order valence-corrected chi connectivity index (χ0v) is 61.8. The molecule has 0 aromatic heterocycles. The lowest BCUT2D eigenvalue weighted by molar-refractivity contribution is -0.870. The van der Waals surface area contributed by atoms with Crippen molar-refractivity contribution in [1.82, 2.24) is 0 Å². The Morgan fingerprint density at radius 3 is 0.889 bits per heavy atom. The van der Waals surface area contributed by atoms with Gasteiger partial charge in [-0.1, -0.05) is 365 Å². The topological polar surface area (TPSA) is 108 Å². The second-order valence-electron chi connectivity index (χ2n) is 28.4. The summed E-state index contributed by atoms with van der Waals surface area (Å²) in [4.78, 5) is 35.9. The van der Waals surface area contributed by atoms with Crippen LogP contribution < -0.4 is 0 Å². The van der Waals surface area contributed by atoms with Crippen molar-refractivity contribution in [1.29, 1.82) is 0 Å². The third-order valence-corrected chi connectivity index (χ3v) is 19.1. The molecule has 90 heavy (non-hydrogen) atoms. The van der Waals surface area contributed by atoms with Crippen molar-refractivity contribution < 1.29 is 42.1 Å². The lowest BCUT2D eigenvalue weighted by atomic mass is 10.0. The Labute approximate surface area is 561 Å². The van der Waals surface area contributed by atoms with Gasteiger partial charge in [0.05, 0.1) is 27.7 Å². The molecule has 0 aliphatic heterocycles. The van der Waals surface area contributed by atoms with Crippen LogP contribution in [0.5, 0.6) is 0 Å². The van der Waals surface area contributed by atoms with Gasteiger partial charge in [0.2, 0.25) is 0 Å². The van der Waals surface area contributed by atoms with Gasteiger partial charge in [-0.2, -0.15) is 0 Å². The zero-order valence-electron chi connectivity index (χ0n) is 60.9. The van der Waals surface area contributed by atoms with E-state index in [1.165, 1.54) is 340 Å². The number of rotatable bonds is 75. The second-order valence-corrected chi connectivity index (χ2v) is 29.9. The van der Waals surface area contributed by atoms with Crippen LogP contribution in [0.1, 0.15) is 412 Å². The molecular weight excluding hydrogens is 1130 g/mol. The normalized spacial score (nSPS) is 13.2. The van der Waals surface area contributed by atoms with E-state index in [0.717, 1.165) is 38.5 Å². The molecule has 0 rings (SSSR count). The van der Waals surface area contributed by atoms with E-state index in [-0.39, 0.29) is 25.6 Å². The van der Waals surface area contributed by atoms with E-state index in [9.17, 15) is 19.0 Å². The number of likely N-dealkylation sites (N-methyl/N-ethyl adjacent to an activating group) is 1. The molecule has 0 aromatic rings. The van der Waals surface area contributed by atoms with Crippen LogP contribution in [-0.4, -0.2) is 74.9 Å². The average molecular weight is 1290 g/mol. The predicted octanol–water partition coefficient (Wildman–Crippen LogP) is 26.2. The van der Waals surface area contributed by atoms with Gasteiger partial charge in [-0.25, -0.2) is 4.57 Å². The van der Waals surface area contributed by atoms with Gasteiger partial charge in [0, 0.05) is 12.8 Å². The Morgan fingerprint density at radius 2 is 0.600 bits per heavy atom. The number of nitrogens with zero attached hydrogens (tertiary/aromatic N) is 1. The number of unbranched alkanes of at least 4 members (excludes halogenated alkanes) is 55. The summed E-state index contributed by atoms with van der Waals surface area (Å²) in [7, 11) is 1.50. The van der Waals surface area contributed by atoms with Gasteiger partial charge < -0.3 is 18.9 Å². The average Bonchev–Trinajstić information content (AvgIpc) is 3.62. The second kappa shape index (κ2) is 71.5. The summed E-state index contributed by atoms with van der Waals surface area (Å²) in [5, 5.41) is 0. The van der Waals surface area contributed by atoms with E-state index in [4.69, 9.17) is 18.5 Å². The molecule has 0 aliphatic rings. The highest BCUT2D eigenvalue weighted by Crippen LogP contribution is 2.43. The van der Waals surface area contributed by atoms with Crippen LogP contribution in [0.3, 0.4) is 0 Å². The first-order valence-corrected chi connectivity index (χ1v) is 41.2. The molecule has 0 bridgehead atoms. The SMILES string of the molecule is CCCCCCC/C=C\C/C=C\CCCCCCCCCCCCCCCCCCCCCCCCCCCCCCCC(=O)OC(COC(=O)CCCCCCCCCCCCCCC/C=C\CCCCCCCCCC)COP(=O)(O)OCC[N+](C)(C)C. The quantitative estimate of drug-likeness (QED) is 0.0211. The van der Waals surface area contributed by atoms with Gasteiger partial charge in [0.15, 0.2) is 6.10 Å². The van der Waals surface area contributed by atoms with Crippen LogP contribution in [0.2, 0.25) is 0 Å². The van der Waals surface area contributed by atoms with E-state index < -0.39 is 26.5 Å². The molecule has 0 aromatic carbocycles. The lowest BCUT2D eigenvalue weighted by Gasteiger charge is -2.24. The molecular formula is C80H155NO8P+. The number of carbonyl (C=O) groups is 2. The molecule has 2 unspecified atom stereocenters. The highest BCUT2D eigenvalue weighted by Gasteiger charge is 2.27. The van der Waals surface area contributed by atoms with Crippen molar-refractivity contribution in [3.8, 4) is 0 Å². The number of phosphoric ester groups is 1. The van der Waals surface area contributed by atoms with Gasteiger partial charge in [0.1, 0.15) is 19.8 Å². The Morgan fingerprint density at radius 1 is 0.344 bits per heavy atom. The van der Waals surface area contributed by atoms with E-state index >= 15 is 0 Å². The van der Waals surface area contributed by atoms with E-state index in [1.807, 2.05) is 21.1 Å². The number of ether oxygens (including phenoxy) is 2. The van der Waals surface area contributed by atoms with Gasteiger partial charge in [0.25, 0.3) is 0 Å². The minimum absolute atomic E-state index is 0.0352. The molecule has 9 nitrogen and oxygen atoms in total. The van der Waals surface area contributed by atoms with Crippen molar-refractivity contribution in [2.24, 2.45) is 0 Å². The molecule has 0 saturated carbocycles. The fraction of sp³-hybridized carbons (Fsp3) is 0.900. The standard InChI is InChI=1S/C80H154NO8P/c1-6-8-10-12-14-16-18-20-22-24-26-28-30-32-33-34-35-36-37-38-39-40-41-42-43-44-45-46-47-49-51-53-55-57-59-61-63-65-67-69-71-73-80(83)89-78(77-88-90(84,85)87-75-74-81(3,4)5)76-86-79(82)72-70-68-66-64-62-60-58-56-54-52-50-48-31-29-27-25-23-21-19-17-15-13-11-9-7-2/h18,20,24-27,78H,6-17,19,21-23,28-77H2,1-5H3/p+1/b20-18-,26-24-,27-25-. The lowest BCUT2D eigenvalue weighted by Crippen LogP contribution is -2.37. The summed E-state index contributed by atoms with van der Waals surface area (Å²) >= 11 is 0. The third-order valence-electron chi connectivity index (χ3n) is 18.1. The maximum Gasteiger partial charge on any atom is 0.472 e. The van der Waals surface area contributed by atoms with Crippen LogP contribution in [0.15, 0.2) is 36.5 Å². The molecule has 0 heterocycles. The van der Waals surface area contributed by atoms with Crippen molar-refractivity contribution in [2.75, 3.05) is 47.5 Å². The predicted molar refractivity (Wildman–Crippen MR) is 390 cm³/mol. The Bertz CT molecular complexity index is 1610. The highest BCUT2D eigenvalue weighted by atomic mass is 31.2. The molecule has 0 radical (unpaired) electrons. The number of phosphoric acid groups is 1. The van der Waals surface area contributed by atoms with Crippen LogP contribution in [0.4, 0.5) is 0 Å². The van der Waals surface area contributed by atoms with E-state index in [0.29, 0.717) is 23.9 Å². The first-order valence-electron chi connectivity index (χ1n) is 39.7. The van der Waals surface area contributed by atoms with Crippen LogP contribution in [0, 0.1) is 0 Å². The van der Waals surface area contributed by atoms with E-state index in [2.05, 4.69) is 50.3 Å². The molecule has 0 spiro atoms. The Hall–Kier alpha value is -1.77. The summed E-state index contributed by atoms with van der Waals surface area (Å²) < 4.78 is 34.8. The van der Waals surface area contributed by atoms with Crippen LogP contribution >= 0.6 is 7.82 Å². The summed E-state index contributed by atoms with van der Waals surface area (Å²) in [6.07, 6.45) is 93.0. The molecule has 0 fully saturated rings. The van der Waals surface area contributed by atoms with Gasteiger partial charge >= 0.3 is 19.8 Å². The number of carbonyl (C=O) groups excluding carboxylic acids is 2. The third kappa shape index (κ3) is 75.3. The molecule has 10 heteroatoms. The maximum absolute atomic E-state index is 12.9. The summed E-state index contributed by atoms with van der Waals surface area (Å²) in [5.74, 6) is -0.773. The molecule has 0 amide bonds. The molecule has 2 atom stereocenters. The van der Waals surface area contributed by atoms with Gasteiger partial charge in [-0.05, 0) is 70.6 Å². The minimum atomic E-state index is -4.39. The van der Waals surface area contributed by atoms with Crippen molar-refractivity contribution in [3.05, 3.63) is 36.5 Å². The maximum atomic E-state index is 12.9. The Kier molecular flexibility index (Phi) is 70.1. The van der Waals surface area contributed by atoms with Gasteiger partial charge in [-0.15, -0.1) is 0 Å². The zero-order chi connectivity index (χ0) is 65.5. The number of hydrogen-bond acceptors (Lipinski definition) is 7. The van der Waals surface area contributed by atoms with Crippen LogP contribution in [0.25, 0.3) is 0 Å². The highest BCUT2D eigenvalue weighted by molar-refractivity contribution is 7.47. The monoisotopic (exact) mass is 1290 g/mol. The molecule has 1 N–H and O–H groups in total. The molecule has 0 aliphatic carbocycles. The van der Waals surface area contributed by atoms with E-state index in [1.54, 1.807) is 0 Å². The van der Waals surface area contributed by atoms with Crippen molar-refractivity contribution >= 4 is 19.8 Å². The number of quaternary nitrogens is 1. The largest absolute Gasteiger partial charge is 0.472 e. The minimum Gasteiger partial charge on any atom is -0.462 e. The summed E-state index contributed by atoms with van der Waals surface area (Å²) in [5.41, 5.74) is 0. The fourth-order valence-corrected chi connectivity index (χ4v) is 12.8. The Balaban J connectivity index is 3.87. The van der Waals surface area contributed by atoms with Crippen molar-refractivity contribution in [2.45, 2.75) is 418 Å². The van der Waals surface area contributed by atoms with Crippen LogP contribution in [-0.2, 0) is 32.7 Å². The number of allylic oxidation sites excluding steroid dienone is 6. The van der Waals surface area contributed by atoms with Crippen molar-refractivity contribution in [3.63, 3.8) is 0 Å². The summed E-state index contributed by atoms with van der Waals surface area (Å²) in [6, 6.07) is 0. The molecule has 532 valence electrons. The van der Waals surface area contributed by atoms with Gasteiger partial charge in [-0.3, -0.25) is 18.6 Å². The number of hydrogen-bond donors (Lipinski definition) is 1. The first-order chi connectivity index (χ1) is 44.0. The molecule has 0 saturated heterocycles. The first kappa shape index (κ1) is 88.2. The smallest absolute Gasteiger partial charge is 0.462 e. The summed E-state index contributed by atoms with van der Waals surface area (Å²) in [6.45, 7) is 4.50.